The Morgan fingerprint density at radius 3 is 1.62 bits per heavy atom. The first kappa shape index (κ1) is 72.6. The quantitative estimate of drug-likeness (QED) is 0.0289. The summed E-state index contributed by atoms with van der Waals surface area (Å²) in [6, 6.07) is 0. The highest BCUT2D eigenvalue weighted by Crippen LogP contribution is 2.45. The lowest BCUT2D eigenvalue weighted by Crippen LogP contribution is -2.65. The number of methoxy groups -OCH3 is 3. The molecule has 0 radical (unpaired) electrons. The fourth-order valence-electron chi connectivity index (χ4n) is 14.5. The molecule has 31 atom stereocenters. The summed E-state index contributed by atoms with van der Waals surface area (Å²) in [6.45, 7) is -0.303. The molecule has 0 aromatic carbocycles. The van der Waals surface area contributed by atoms with Crippen LogP contribution >= 0.6 is 0 Å². The van der Waals surface area contributed by atoms with Crippen LogP contribution in [0.3, 0.4) is 0 Å². The molecule has 5 heterocycles. The van der Waals surface area contributed by atoms with Crippen LogP contribution in [0.15, 0.2) is 24.3 Å². The second-order valence-corrected chi connectivity index (χ2v) is 25.9. The predicted molar refractivity (Wildman–Crippen MR) is 303 cm³/mol. The minimum absolute atomic E-state index is 0.0115. The molecular weight excluding hydrogens is 1220 g/mol. The lowest BCUT2D eigenvalue weighted by Gasteiger charge is -2.50. The third kappa shape index (κ3) is 17.2. The minimum atomic E-state index is -1.90. The zero-order chi connectivity index (χ0) is 65.7. The summed E-state index contributed by atoms with van der Waals surface area (Å²) < 4.78 is 80.9. The van der Waals surface area contributed by atoms with Gasteiger partial charge in [-0.25, -0.2) is 9.59 Å². The van der Waals surface area contributed by atoms with Crippen molar-refractivity contribution in [3.8, 4) is 0 Å². The second kappa shape index (κ2) is 32.6. The van der Waals surface area contributed by atoms with E-state index in [0.717, 1.165) is 0 Å². The van der Waals surface area contributed by atoms with Crippen molar-refractivity contribution in [2.45, 2.75) is 274 Å². The maximum atomic E-state index is 13.2. The van der Waals surface area contributed by atoms with Crippen molar-refractivity contribution in [3.63, 3.8) is 0 Å². The number of carbonyl (C=O) groups is 2. The molecule has 0 spiro atoms. The molecule has 9 aliphatic rings. The van der Waals surface area contributed by atoms with E-state index < -0.39 is 227 Å². The topological polar surface area (TPSA) is 470 Å². The molecule has 4 saturated carbocycles. The largest absolute Gasteiger partial charge is 0.460 e. The predicted octanol–water partition coefficient (Wildman–Crippen LogP) is -5.79. The van der Waals surface area contributed by atoms with Crippen LogP contribution in [0.4, 0.5) is 0 Å². The lowest BCUT2D eigenvalue weighted by atomic mass is 9.72. The number of aliphatic hydroxyl groups excluding tert-OH is 15. The molecule has 9 rings (SSSR count). The fourth-order valence-corrected chi connectivity index (χ4v) is 14.5. The number of ether oxygens (including phenoxy) is 14. The monoisotopic (exact) mass is 1310 g/mol. The van der Waals surface area contributed by atoms with Crippen LogP contribution in [0.25, 0.3) is 0 Å². The molecule has 0 amide bonds. The molecule has 5 aliphatic heterocycles. The third-order valence-electron chi connectivity index (χ3n) is 20.0. The molecule has 31 heteroatoms. The number of allylic oxidation sites excluding steroid dienone is 2. The van der Waals surface area contributed by atoms with E-state index in [4.69, 9.17) is 66.3 Å². The number of fused-ring (bicyclic) bond motifs is 1. The van der Waals surface area contributed by atoms with E-state index in [-0.39, 0.29) is 50.0 Å². The Kier molecular flexibility index (Phi) is 26.0. The molecule has 16 N–H and O–H groups in total. The molecule has 0 aromatic rings. The Balaban J connectivity index is 0.760. The van der Waals surface area contributed by atoms with E-state index in [1.165, 1.54) is 40.4 Å². The Morgan fingerprint density at radius 1 is 0.484 bits per heavy atom. The summed E-state index contributed by atoms with van der Waals surface area (Å²) in [6.07, 6.45) is -29.7. The zero-order valence-corrected chi connectivity index (χ0v) is 51.4. The minimum Gasteiger partial charge on any atom is -0.460 e. The average Bonchev–Trinajstić information content (AvgIpc) is 0.852. The molecule has 9 fully saturated rings. The van der Waals surface area contributed by atoms with Gasteiger partial charge in [-0.15, -0.1) is 0 Å². The highest BCUT2D eigenvalue weighted by atomic mass is 16.7. The van der Waals surface area contributed by atoms with Gasteiger partial charge in [0, 0.05) is 52.2 Å². The van der Waals surface area contributed by atoms with Crippen LogP contribution in [0.2, 0.25) is 0 Å². The highest BCUT2D eigenvalue weighted by Gasteiger charge is 2.58. The van der Waals surface area contributed by atoms with Gasteiger partial charge in [0.2, 0.25) is 0 Å². The summed E-state index contributed by atoms with van der Waals surface area (Å²) in [5.41, 5.74) is 0. The zero-order valence-electron chi connectivity index (χ0n) is 51.4. The SMILES string of the molecule is COC1CC(C=CC(=O)OC[C@@H]2O[C@H](OC3CCC(C=CC(=O)O[C@@H]4[C@@H](O)[C@H](O)[C@@H](OC[C@@H]5O[C@H](OC6CC7C(O[C@H]8O[C@@H](CO)[C@H](O)[C@@H](O)[C@H]8O)CC(O)CC7[OH+]C6C6CC(OC)C(O)C(OC)C6)[C@H](O)[C@@H](O)[C@H]5O)O[C@H]4C)CC3)[C@@H](O)[C@H](O)[C@H]2O)CCC1O. The van der Waals surface area contributed by atoms with Gasteiger partial charge >= 0.3 is 11.9 Å². The van der Waals surface area contributed by atoms with Crippen LogP contribution in [0.1, 0.15) is 84.0 Å². The van der Waals surface area contributed by atoms with Crippen LogP contribution < -0.4 is 0 Å². The maximum Gasteiger partial charge on any atom is 0.330 e. The average molecular weight is 1310 g/mol. The first-order chi connectivity index (χ1) is 43.4. The molecule has 4 aliphatic carbocycles. The van der Waals surface area contributed by atoms with Gasteiger partial charge in [-0.2, -0.15) is 0 Å². The molecule has 0 bridgehead atoms. The molecule has 11 unspecified atom stereocenters. The van der Waals surface area contributed by atoms with Crippen molar-refractivity contribution < 1.29 is 153 Å². The number of aliphatic hydroxyl groups is 17. The van der Waals surface area contributed by atoms with Gasteiger partial charge in [0.1, 0.15) is 104 Å². The Hall–Kier alpha value is -2.66. The summed E-state index contributed by atoms with van der Waals surface area (Å²) in [4.78, 5) is 25.8. The van der Waals surface area contributed by atoms with Crippen LogP contribution in [-0.4, -0.2) is 324 Å². The van der Waals surface area contributed by atoms with E-state index in [9.17, 15) is 86.2 Å². The standard InChI is InChI=1S/C60H96O31/c1-24-55(91-42(65)14-8-25-5-10-29(11-6-25)84-58-51(74)48(71)45(68)39(89-58)22-81-41(64)13-9-26-7-12-31(63)34(15-26)78-2)50(73)54(77)57(83-24)82-23-40-46(69)49(72)53(76)60(90-40)87-37-20-30-32(85-56(37)27-16-35(79-3)43(66)36(17-27)80-4)18-28(62)19-33(30)86-59-52(75)47(70)44(67)38(21-61)88-59/h8-9,13-14,24-40,43-63,66-77H,5-7,10-12,15-23H2,1-4H3/p+1/t24-,25?,26?,27?,28?,29?,30?,31?,32?,33?,34?,35?,36?,37?,38-,39-,40-,43?,44-,45-,46-,47+,48+,49-,50-,51-,52+,53+,54-,55-,56?,57-,58-,59-,60-/m0/s1. The molecule has 91 heavy (non-hydrogen) atoms. The van der Waals surface area contributed by atoms with Gasteiger partial charge in [0.25, 0.3) is 0 Å². The van der Waals surface area contributed by atoms with Crippen molar-refractivity contribution >= 4 is 11.9 Å². The summed E-state index contributed by atoms with van der Waals surface area (Å²) in [5.74, 6) is -2.72. The normalized spacial score (nSPS) is 49.3. The number of hydrogen-bond donors (Lipinski definition) is 15. The van der Waals surface area contributed by atoms with Crippen LogP contribution in [0.5, 0.6) is 0 Å². The van der Waals surface area contributed by atoms with Crippen LogP contribution in [-0.2, 0) is 71.2 Å². The Labute approximate surface area is 526 Å². The highest BCUT2D eigenvalue weighted by molar-refractivity contribution is 5.82. The number of rotatable bonds is 21. The number of carbonyl (C=O) groups excluding carboxylic acids is 2. The molecular formula is C60H97O31+. The van der Waals surface area contributed by atoms with E-state index in [0.29, 0.717) is 44.9 Å². The van der Waals surface area contributed by atoms with E-state index in [2.05, 4.69) is 0 Å². The Bertz CT molecular complexity index is 2320. The van der Waals surface area contributed by atoms with Gasteiger partial charge < -0.3 is 143 Å². The number of esters is 2. The van der Waals surface area contributed by atoms with E-state index >= 15 is 0 Å². The maximum absolute atomic E-state index is 13.2. The molecule has 0 aromatic heterocycles. The van der Waals surface area contributed by atoms with Gasteiger partial charge in [0.15, 0.2) is 43.5 Å². The Morgan fingerprint density at radius 2 is 1.01 bits per heavy atom. The van der Waals surface area contributed by atoms with Gasteiger partial charge in [-0.1, -0.05) is 12.2 Å². The van der Waals surface area contributed by atoms with Gasteiger partial charge in [-0.3, -0.25) is 0 Å². The molecule has 31 nitrogen and oxygen atoms in total. The summed E-state index contributed by atoms with van der Waals surface area (Å²) in [5, 5.41) is 163. The number of hydrogen-bond acceptors (Lipinski definition) is 30. The fraction of sp³-hybridized carbons (Fsp3) is 0.900. The molecule has 522 valence electrons. The van der Waals surface area contributed by atoms with Crippen molar-refractivity contribution in [2.75, 3.05) is 41.2 Å². The van der Waals surface area contributed by atoms with E-state index in [1.54, 1.807) is 12.2 Å². The summed E-state index contributed by atoms with van der Waals surface area (Å²) >= 11 is 0. The van der Waals surface area contributed by atoms with Crippen molar-refractivity contribution in [2.24, 2.45) is 23.7 Å². The van der Waals surface area contributed by atoms with Crippen LogP contribution in [0, 0.1) is 23.7 Å². The molecule has 5 saturated heterocycles. The van der Waals surface area contributed by atoms with E-state index in [1.807, 2.05) is 0 Å². The summed E-state index contributed by atoms with van der Waals surface area (Å²) in [7, 11) is 4.40. The first-order valence-electron chi connectivity index (χ1n) is 31.8. The van der Waals surface area contributed by atoms with Crippen molar-refractivity contribution in [3.05, 3.63) is 24.3 Å². The lowest BCUT2D eigenvalue weighted by molar-refractivity contribution is -0.371. The first-order valence-corrected chi connectivity index (χ1v) is 31.8. The smallest absolute Gasteiger partial charge is 0.330 e. The third-order valence-corrected chi connectivity index (χ3v) is 20.0. The second-order valence-electron chi connectivity index (χ2n) is 25.9. The van der Waals surface area contributed by atoms with Crippen molar-refractivity contribution in [1.29, 1.82) is 0 Å². The van der Waals surface area contributed by atoms with Crippen molar-refractivity contribution in [1.82, 2.24) is 0 Å². The van der Waals surface area contributed by atoms with Gasteiger partial charge in [0.05, 0.1) is 68.0 Å². The van der Waals surface area contributed by atoms with Gasteiger partial charge in [-0.05, 0) is 83.0 Å².